The lowest BCUT2D eigenvalue weighted by Crippen LogP contribution is -2.01. The molecule has 0 aromatic heterocycles. The van der Waals surface area contributed by atoms with E-state index in [1.54, 1.807) is 6.92 Å². The Bertz CT molecular complexity index is 564. The van der Waals surface area contributed by atoms with Crippen LogP contribution in [0.25, 0.3) is 0 Å². The minimum absolute atomic E-state index is 0.0980. The predicted octanol–water partition coefficient (Wildman–Crippen LogP) is 4.12. The zero-order valence-corrected chi connectivity index (χ0v) is 11.7. The summed E-state index contributed by atoms with van der Waals surface area (Å²) in [7, 11) is 0. The maximum absolute atomic E-state index is 11.2. The topological polar surface area (TPSA) is 29.1 Å². The number of nitrogens with one attached hydrogen (secondary N) is 1. The second-order valence-corrected chi connectivity index (χ2v) is 4.98. The molecule has 2 rings (SSSR count). The Kier molecular flexibility index (Phi) is 4.00. The summed E-state index contributed by atoms with van der Waals surface area (Å²) in [5.74, 6) is 0.0980. The highest BCUT2D eigenvalue weighted by molar-refractivity contribution is 5.94. The van der Waals surface area contributed by atoms with Gasteiger partial charge in [0.2, 0.25) is 0 Å². The molecule has 2 aromatic carbocycles. The van der Waals surface area contributed by atoms with E-state index in [1.165, 1.54) is 16.7 Å². The summed E-state index contributed by atoms with van der Waals surface area (Å²) in [5.41, 5.74) is 5.61. The minimum atomic E-state index is 0.0980. The number of anilines is 1. The van der Waals surface area contributed by atoms with Gasteiger partial charge < -0.3 is 5.32 Å². The first kappa shape index (κ1) is 13.3. The third kappa shape index (κ3) is 3.68. The van der Waals surface area contributed by atoms with Crippen molar-refractivity contribution in [2.45, 2.75) is 27.3 Å². The predicted molar refractivity (Wildman–Crippen MR) is 79.7 cm³/mol. The summed E-state index contributed by atoms with van der Waals surface area (Å²) in [6, 6.07) is 14.1. The molecule has 98 valence electrons. The van der Waals surface area contributed by atoms with E-state index in [-0.39, 0.29) is 5.78 Å². The van der Waals surface area contributed by atoms with Gasteiger partial charge in [-0.05, 0) is 50.6 Å². The number of rotatable bonds is 4. The molecule has 0 aliphatic heterocycles. The fourth-order valence-electron chi connectivity index (χ4n) is 2.20. The summed E-state index contributed by atoms with van der Waals surface area (Å²) >= 11 is 0. The molecule has 2 nitrogen and oxygen atoms in total. The Morgan fingerprint density at radius 3 is 2.11 bits per heavy atom. The number of benzene rings is 2. The van der Waals surface area contributed by atoms with Crippen LogP contribution in [0.5, 0.6) is 0 Å². The van der Waals surface area contributed by atoms with E-state index >= 15 is 0 Å². The van der Waals surface area contributed by atoms with E-state index in [0.29, 0.717) is 0 Å². The van der Waals surface area contributed by atoms with E-state index in [9.17, 15) is 4.79 Å². The second kappa shape index (κ2) is 5.70. The molecule has 0 unspecified atom stereocenters. The molecule has 0 aliphatic rings. The van der Waals surface area contributed by atoms with Crippen LogP contribution in [0.15, 0.2) is 42.5 Å². The van der Waals surface area contributed by atoms with Crippen molar-refractivity contribution in [3.05, 3.63) is 64.7 Å². The number of carbonyl (C=O) groups is 1. The lowest BCUT2D eigenvalue weighted by molar-refractivity contribution is 0.101. The molecule has 0 amide bonds. The van der Waals surface area contributed by atoms with Crippen LogP contribution in [-0.4, -0.2) is 5.78 Å². The van der Waals surface area contributed by atoms with E-state index < -0.39 is 0 Å². The fraction of sp³-hybridized carbons (Fsp3) is 0.235. The number of Topliss-reactive ketones (excluding diaryl/α,β-unsaturated/α-hetero) is 1. The van der Waals surface area contributed by atoms with Gasteiger partial charge in [-0.15, -0.1) is 0 Å². The van der Waals surface area contributed by atoms with Crippen LogP contribution < -0.4 is 5.32 Å². The summed E-state index contributed by atoms with van der Waals surface area (Å²) in [5, 5.41) is 3.37. The average Bonchev–Trinajstić information content (AvgIpc) is 2.36. The molecule has 1 N–H and O–H groups in total. The van der Waals surface area contributed by atoms with Crippen LogP contribution in [-0.2, 0) is 6.54 Å². The van der Waals surface area contributed by atoms with Crippen molar-refractivity contribution < 1.29 is 4.79 Å². The van der Waals surface area contributed by atoms with Crippen molar-refractivity contribution in [2.24, 2.45) is 0 Å². The zero-order valence-electron chi connectivity index (χ0n) is 11.7. The third-order valence-corrected chi connectivity index (χ3v) is 3.07. The first-order valence-corrected chi connectivity index (χ1v) is 6.46. The zero-order chi connectivity index (χ0) is 13.8. The van der Waals surface area contributed by atoms with Crippen molar-refractivity contribution in [2.75, 3.05) is 5.32 Å². The summed E-state index contributed by atoms with van der Waals surface area (Å²) in [4.78, 5) is 11.2. The normalized spacial score (nSPS) is 10.3. The Hall–Kier alpha value is -2.09. The van der Waals surface area contributed by atoms with Gasteiger partial charge >= 0.3 is 0 Å². The maximum Gasteiger partial charge on any atom is 0.159 e. The van der Waals surface area contributed by atoms with Crippen molar-refractivity contribution in [1.29, 1.82) is 0 Å². The summed E-state index contributed by atoms with van der Waals surface area (Å²) in [6.07, 6.45) is 0. The van der Waals surface area contributed by atoms with E-state index in [4.69, 9.17) is 0 Å². The number of hydrogen-bond acceptors (Lipinski definition) is 2. The number of ketones is 1. The van der Waals surface area contributed by atoms with Crippen LogP contribution in [0.4, 0.5) is 5.69 Å². The van der Waals surface area contributed by atoms with Crippen LogP contribution in [0.2, 0.25) is 0 Å². The van der Waals surface area contributed by atoms with Crippen molar-refractivity contribution in [3.63, 3.8) is 0 Å². The lowest BCUT2D eigenvalue weighted by Gasteiger charge is -2.09. The maximum atomic E-state index is 11.2. The minimum Gasteiger partial charge on any atom is -0.381 e. The first-order valence-electron chi connectivity index (χ1n) is 6.46. The Labute approximate surface area is 114 Å². The molecule has 0 fully saturated rings. The van der Waals surface area contributed by atoms with Gasteiger partial charge in [-0.3, -0.25) is 4.79 Å². The molecule has 0 spiro atoms. The van der Waals surface area contributed by atoms with E-state index in [0.717, 1.165) is 17.8 Å². The first-order chi connectivity index (χ1) is 9.04. The molecule has 0 heterocycles. The van der Waals surface area contributed by atoms with Gasteiger partial charge in [-0.1, -0.05) is 29.3 Å². The molecule has 0 atom stereocenters. The van der Waals surface area contributed by atoms with Crippen LogP contribution in [0.3, 0.4) is 0 Å². The monoisotopic (exact) mass is 253 g/mol. The van der Waals surface area contributed by atoms with Gasteiger partial charge in [0.15, 0.2) is 5.78 Å². The van der Waals surface area contributed by atoms with Crippen LogP contribution in [0, 0.1) is 13.8 Å². The smallest absolute Gasteiger partial charge is 0.159 e. The molecule has 0 aliphatic carbocycles. The highest BCUT2D eigenvalue weighted by atomic mass is 16.1. The standard InChI is InChI=1S/C17H19NO/c1-12-8-13(2)10-15(9-12)11-18-17-6-4-16(5-7-17)14(3)19/h4-10,18H,11H2,1-3H3. The third-order valence-electron chi connectivity index (χ3n) is 3.07. The molecular weight excluding hydrogens is 234 g/mol. The second-order valence-electron chi connectivity index (χ2n) is 4.98. The van der Waals surface area contributed by atoms with Crippen LogP contribution in [0.1, 0.15) is 34.0 Å². The number of carbonyl (C=O) groups excluding carboxylic acids is 1. The quantitative estimate of drug-likeness (QED) is 0.830. The Morgan fingerprint density at radius 2 is 1.58 bits per heavy atom. The number of aryl methyl sites for hydroxylation is 2. The molecule has 0 bridgehead atoms. The Balaban J connectivity index is 2.03. The van der Waals surface area contributed by atoms with E-state index in [1.807, 2.05) is 24.3 Å². The lowest BCUT2D eigenvalue weighted by atomic mass is 10.1. The van der Waals surface area contributed by atoms with Crippen molar-refractivity contribution in [1.82, 2.24) is 0 Å². The average molecular weight is 253 g/mol. The van der Waals surface area contributed by atoms with Crippen molar-refractivity contribution >= 4 is 11.5 Å². The van der Waals surface area contributed by atoms with E-state index in [2.05, 4.69) is 37.4 Å². The summed E-state index contributed by atoms with van der Waals surface area (Å²) in [6.45, 7) is 6.59. The summed E-state index contributed by atoms with van der Waals surface area (Å²) < 4.78 is 0. The van der Waals surface area contributed by atoms with Crippen molar-refractivity contribution in [3.8, 4) is 0 Å². The SMILES string of the molecule is CC(=O)c1ccc(NCc2cc(C)cc(C)c2)cc1. The molecule has 2 aromatic rings. The van der Waals surface area contributed by atoms with Gasteiger partial charge in [-0.2, -0.15) is 0 Å². The van der Waals surface area contributed by atoms with Gasteiger partial charge in [0.25, 0.3) is 0 Å². The Morgan fingerprint density at radius 1 is 1.00 bits per heavy atom. The van der Waals surface area contributed by atoms with Gasteiger partial charge in [0.05, 0.1) is 0 Å². The van der Waals surface area contributed by atoms with Gasteiger partial charge in [-0.25, -0.2) is 0 Å². The number of hydrogen-bond donors (Lipinski definition) is 1. The van der Waals surface area contributed by atoms with Gasteiger partial charge in [0.1, 0.15) is 0 Å². The molecule has 0 saturated carbocycles. The molecule has 2 heteroatoms. The molecule has 0 radical (unpaired) electrons. The molecule has 0 saturated heterocycles. The molecule has 19 heavy (non-hydrogen) atoms. The van der Waals surface area contributed by atoms with Gasteiger partial charge in [0, 0.05) is 17.8 Å². The highest BCUT2D eigenvalue weighted by Gasteiger charge is 2.00. The fourth-order valence-corrected chi connectivity index (χ4v) is 2.20. The molecular formula is C17H19NO. The largest absolute Gasteiger partial charge is 0.381 e. The highest BCUT2D eigenvalue weighted by Crippen LogP contribution is 2.13. The van der Waals surface area contributed by atoms with Crippen LogP contribution >= 0.6 is 0 Å².